The Hall–Kier alpha value is -2.14. The summed E-state index contributed by atoms with van der Waals surface area (Å²) in [7, 11) is 3.25. The van der Waals surface area contributed by atoms with Gasteiger partial charge in [0.15, 0.2) is 0 Å². The molecule has 0 aliphatic heterocycles. The van der Waals surface area contributed by atoms with Crippen LogP contribution in [-0.4, -0.2) is 25.9 Å². The Balaban J connectivity index is 2.04. The first-order valence-electron chi connectivity index (χ1n) is 8.57. The molecule has 0 saturated carbocycles. The lowest BCUT2D eigenvalue weighted by Crippen LogP contribution is -2.28. The average Bonchev–Trinajstić information content (AvgIpc) is 2.60. The average molecular weight is 374 g/mol. The number of ether oxygens (including phenoxy) is 2. The highest BCUT2D eigenvalue weighted by molar-refractivity contribution is 8.00. The second-order valence-electron chi connectivity index (χ2n) is 6.41. The lowest BCUT2D eigenvalue weighted by molar-refractivity contribution is -0.119. The van der Waals surface area contributed by atoms with Gasteiger partial charge in [-0.1, -0.05) is 17.7 Å². The number of hydrogen-bond acceptors (Lipinski definition) is 4. The predicted octanol–water partition coefficient (Wildman–Crippen LogP) is 4.60. The second-order valence-corrected chi connectivity index (χ2v) is 7.40. The number of methoxy groups -OCH3 is 2. The van der Waals surface area contributed by atoms with Gasteiger partial charge in [-0.3, -0.25) is 4.79 Å². The van der Waals surface area contributed by atoms with E-state index in [1.807, 2.05) is 25.1 Å². The Morgan fingerprint density at radius 3 is 2.31 bits per heavy atom. The molecule has 0 unspecified atom stereocenters. The third kappa shape index (κ3) is 4.94. The van der Waals surface area contributed by atoms with Gasteiger partial charge in [-0.05, 0) is 57.0 Å². The van der Waals surface area contributed by atoms with Crippen LogP contribution in [-0.2, 0) is 4.79 Å². The molecular formula is C21H27NO3S. The zero-order valence-electron chi connectivity index (χ0n) is 16.3. The molecule has 0 bridgehead atoms. The van der Waals surface area contributed by atoms with Crippen LogP contribution in [0.1, 0.15) is 35.2 Å². The highest BCUT2D eigenvalue weighted by atomic mass is 32.2. The number of aryl methyl sites for hydroxylation is 3. The van der Waals surface area contributed by atoms with Gasteiger partial charge in [-0.15, -0.1) is 11.8 Å². The Morgan fingerprint density at radius 1 is 1.08 bits per heavy atom. The van der Waals surface area contributed by atoms with Crippen molar-refractivity contribution < 1.29 is 14.3 Å². The van der Waals surface area contributed by atoms with Gasteiger partial charge in [0, 0.05) is 10.5 Å². The standard InChI is InChI=1S/C21H27NO3S/c1-13-9-14(2)21(15(3)10-13)26-12-20(23)22-16(4)18-11-17(24-5)7-8-19(18)25-6/h7-11,16H,12H2,1-6H3,(H,22,23)/t16-/m0/s1. The molecule has 0 radical (unpaired) electrons. The molecular weight excluding hydrogens is 346 g/mol. The summed E-state index contributed by atoms with van der Waals surface area (Å²) in [4.78, 5) is 13.6. The molecule has 4 nitrogen and oxygen atoms in total. The molecule has 0 saturated heterocycles. The first-order chi connectivity index (χ1) is 12.3. The Labute approximate surface area is 160 Å². The predicted molar refractivity (Wildman–Crippen MR) is 107 cm³/mol. The normalized spacial score (nSPS) is 11.8. The molecule has 1 amide bonds. The molecule has 1 atom stereocenters. The maximum atomic E-state index is 12.4. The van der Waals surface area contributed by atoms with E-state index in [1.165, 1.54) is 21.6 Å². The van der Waals surface area contributed by atoms with E-state index in [0.29, 0.717) is 5.75 Å². The molecule has 0 spiro atoms. The number of thioether (sulfide) groups is 1. The lowest BCUT2D eigenvalue weighted by atomic mass is 10.1. The number of hydrogen-bond donors (Lipinski definition) is 1. The minimum absolute atomic E-state index is 0.00764. The molecule has 26 heavy (non-hydrogen) atoms. The molecule has 0 aliphatic rings. The number of rotatable bonds is 7. The zero-order valence-corrected chi connectivity index (χ0v) is 17.1. The van der Waals surface area contributed by atoms with Crippen molar-refractivity contribution in [3.8, 4) is 11.5 Å². The van der Waals surface area contributed by atoms with Crippen molar-refractivity contribution in [2.45, 2.75) is 38.6 Å². The van der Waals surface area contributed by atoms with Crippen LogP contribution >= 0.6 is 11.8 Å². The van der Waals surface area contributed by atoms with Crippen molar-refractivity contribution >= 4 is 17.7 Å². The van der Waals surface area contributed by atoms with Gasteiger partial charge in [-0.2, -0.15) is 0 Å². The summed E-state index contributed by atoms with van der Waals surface area (Å²) >= 11 is 1.58. The van der Waals surface area contributed by atoms with Crippen LogP contribution in [0.25, 0.3) is 0 Å². The van der Waals surface area contributed by atoms with Gasteiger partial charge in [0.1, 0.15) is 11.5 Å². The fourth-order valence-corrected chi connectivity index (χ4v) is 4.00. The van der Waals surface area contributed by atoms with E-state index >= 15 is 0 Å². The number of amides is 1. The van der Waals surface area contributed by atoms with Crippen molar-refractivity contribution in [1.82, 2.24) is 5.32 Å². The van der Waals surface area contributed by atoms with E-state index in [1.54, 1.807) is 26.0 Å². The third-order valence-electron chi connectivity index (χ3n) is 4.23. The van der Waals surface area contributed by atoms with Crippen molar-refractivity contribution in [3.63, 3.8) is 0 Å². The van der Waals surface area contributed by atoms with E-state index in [4.69, 9.17) is 9.47 Å². The number of carbonyl (C=O) groups excluding carboxylic acids is 1. The molecule has 0 aromatic heterocycles. The van der Waals surface area contributed by atoms with Crippen molar-refractivity contribution in [2.75, 3.05) is 20.0 Å². The molecule has 5 heteroatoms. The van der Waals surface area contributed by atoms with E-state index in [-0.39, 0.29) is 11.9 Å². The van der Waals surface area contributed by atoms with Crippen molar-refractivity contribution in [1.29, 1.82) is 0 Å². The van der Waals surface area contributed by atoms with Crippen LogP contribution in [0, 0.1) is 20.8 Å². The molecule has 0 aliphatic carbocycles. The fraction of sp³-hybridized carbons (Fsp3) is 0.381. The molecule has 2 aromatic rings. The van der Waals surface area contributed by atoms with Gasteiger partial charge in [0.2, 0.25) is 5.91 Å². The van der Waals surface area contributed by atoms with Crippen molar-refractivity contribution in [2.24, 2.45) is 0 Å². The molecule has 140 valence electrons. The largest absolute Gasteiger partial charge is 0.497 e. The van der Waals surface area contributed by atoms with Gasteiger partial charge in [-0.25, -0.2) is 0 Å². The minimum Gasteiger partial charge on any atom is -0.497 e. The number of nitrogens with one attached hydrogen (secondary N) is 1. The highest BCUT2D eigenvalue weighted by Crippen LogP contribution is 2.30. The molecule has 2 aromatic carbocycles. The summed E-state index contributed by atoms with van der Waals surface area (Å²) in [6.07, 6.45) is 0. The van der Waals surface area contributed by atoms with Crippen LogP contribution in [0.3, 0.4) is 0 Å². The van der Waals surface area contributed by atoms with Crippen LogP contribution in [0.2, 0.25) is 0 Å². The van der Waals surface area contributed by atoms with Gasteiger partial charge >= 0.3 is 0 Å². The summed E-state index contributed by atoms with van der Waals surface area (Å²) in [5, 5.41) is 3.05. The second kappa shape index (κ2) is 8.99. The van der Waals surface area contributed by atoms with Crippen LogP contribution in [0.4, 0.5) is 0 Å². The smallest absolute Gasteiger partial charge is 0.230 e. The van der Waals surface area contributed by atoms with Gasteiger partial charge in [0.25, 0.3) is 0 Å². The maximum absolute atomic E-state index is 12.4. The molecule has 1 N–H and O–H groups in total. The number of benzene rings is 2. The monoisotopic (exact) mass is 373 g/mol. The van der Waals surface area contributed by atoms with E-state index in [0.717, 1.165) is 17.1 Å². The SMILES string of the molecule is COc1ccc(OC)c([C@H](C)NC(=O)CSc2c(C)cc(C)cc2C)c1. The Morgan fingerprint density at radius 2 is 1.73 bits per heavy atom. The maximum Gasteiger partial charge on any atom is 0.230 e. The quantitative estimate of drug-likeness (QED) is 0.721. The van der Waals surface area contributed by atoms with E-state index in [2.05, 4.69) is 38.2 Å². The summed E-state index contributed by atoms with van der Waals surface area (Å²) < 4.78 is 10.7. The first-order valence-corrected chi connectivity index (χ1v) is 9.56. The summed E-state index contributed by atoms with van der Waals surface area (Å²) in [5.74, 6) is 1.84. The fourth-order valence-electron chi connectivity index (χ4n) is 3.07. The molecule has 0 heterocycles. The number of carbonyl (C=O) groups is 1. The summed E-state index contributed by atoms with van der Waals surface area (Å²) in [6.45, 7) is 8.21. The Kier molecular flexibility index (Phi) is 6.98. The van der Waals surface area contributed by atoms with Crippen LogP contribution in [0.5, 0.6) is 11.5 Å². The van der Waals surface area contributed by atoms with Crippen molar-refractivity contribution in [3.05, 3.63) is 52.6 Å². The summed E-state index contributed by atoms with van der Waals surface area (Å²) in [6, 6.07) is 9.72. The van der Waals surface area contributed by atoms with E-state index < -0.39 is 0 Å². The van der Waals surface area contributed by atoms with E-state index in [9.17, 15) is 4.79 Å². The molecule has 2 rings (SSSR count). The van der Waals surface area contributed by atoms with Gasteiger partial charge < -0.3 is 14.8 Å². The van der Waals surface area contributed by atoms with Crippen LogP contribution in [0.15, 0.2) is 35.2 Å². The van der Waals surface area contributed by atoms with Gasteiger partial charge in [0.05, 0.1) is 26.0 Å². The third-order valence-corrected chi connectivity index (χ3v) is 5.57. The first kappa shape index (κ1) is 20.2. The topological polar surface area (TPSA) is 47.6 Å². The lowest BCUT2D eigenvalue weighted by Gasteiger charge is -2.18. The minimum atomic E-state index is -0.173. The zero-order chi connectivity index (χ0) is 19.3. The molecule has 0 fully saturated rings. The van der Waals surface area contributed by atoms with Crippen LogP contribution < -0.4 is 14.8 Å². The highest BCUT2D eigenvalue weighted by Gasteiger charge is 2.16. The summed E-state index contributed by atoms with van der Waals surface area (Å²) in [5.41, 5.74) is 4.56. The Bertz CT molecular complexity index is 766.